The molecule has 0 aliphatic heterocycles. The molecule has 0 saturated carbocycles. The Morgan fingerprint density at radius 1 is 1.25 bits per heavy atom. The van der Waals surface area contributed by atoms with Crippen LogP contribution in [-0.2, 0) is 6.42 Å². The van der Waals surface area contributed by atoms with E-state index in [9.17, 15) is 0 Å². The Balaban J connectivity index is 2.18. The van der Waals surface area contributed by atoms with Gasteiger partial charge in [-0.25, -0.2) is 0 Å². The second-order valence-electron chi connectivity index (χ2n) is 3.81. The summed E-state index contributed by atoms with van der Waals surface area (Å²) in [6.07, 6.45) is 0.913. The third-order valence-electron chi connectivity index (χ3n) is 2.47. The number of rotatable bonds is 3. The molecule has 2 heteroatoms. The van der Waals surface area contributed by atoms with Crippen LogP contribution in [0, 0.1) is 6.92 Å². The van der Waals surface area contributed by atoms with Crippen LogP contribution in [-0.4, -0.2) is 0 Å². The highest BCUT2D eigenvalue weighted by Gasteiger charge is 2.05. The van der Waals surface area contributed by atoms with Gasteiger partial charge in [0, 0.05) is 21.1 Å². The summed E-state index contributed by atoms with van der Waals surface area (Å²) in [5, 5.41) is 0. The molecule has 0 unspecified atom stereocenters. The standard InChI is InChI=1S/C14H14S2/c1-10(9-12-8-7-11(2)16-12)13-5-3-4-6-14(13)15/h3-8,15H,1,9H2,2H3. The Kier molecular flexibility index (Phi) is 3.52. The first-order chi connectivity index (χ1) is 7.66. The molecule has 0 aliphatic carbocycles. The average Bonchev–Trinajstić information content (AvgIpc) is 2.64. The van der Waals surface area contributed by atoms with Gasteiger partial charge >= 0.3 is 0 Å². The summed E-state index contributed by atoms with van der Waals surface area (Å²) >= 11 is 6.28. The Morgan fingerprint density at radius 2 is 2.00 bits per heavy atom. The van der Waals surface area contributed by atoms with E-state index in [0.29, 0.717) is 0 Å². The molecule has 1 heterocycles. The smallest absolute Gasteiger partial charge is 0.0115 e. The van der Waals surface area contributed by atoms with Gasteiger partial charge in [-0.2, -0.15) is 0 Å². The number of benzene rings is 1. The second-order valence-corrected chi connectivity index (χ2v) is 5.66. The van der Waals surface area contributed by atoms with Gasteiger partial charge < -0.3 is 0 Å². The molecule has 1 aromatic carbocycles. The molecular weight excluding hydrogens is 232 g/mol. The van der Waals surface area contributed by atoms with Crippen LogP contribution in [0.1, 0.15) is 15.3 Å². The minimum atomic E-state index is 0.913. The van der Waals surface area contributed by atoms with E-state index >= 15 is 0 Å². The van der Waals surface area contributed by atoms with Crippen molar-refractivity contribution in [3.63, 3.8) is 0 Å². The molecule has 82 valence electrons. The highest BCUT2D eigenvalue weighted by atomic mass is 32.1. The van der Waals surface area contributed by atoms with Crippen LogP contribution in [0.5, 0.6) is 0 Å². The van der Waals surface area contributed by atoms with E-state index in [4.69, 9.17) is 0 Å². The largest absolute Gasteiger partial charge is 0.145 e. The fourth-order valence-corrected chi connectivity index (χ4v) is 2.91. The van der Waals surface area contributed by atoms with Crippen molar-refractivity contribution in [2.75, 3.05) is 0 Å². The Labute approximate surface area is 106 Å². The molecule has 0 spiro atoms. The van der Waals surface area contributed by atoms with E-state index in [2.05, 4.69) is 44.3 Å². The molecule has 0 N–H and O–H groups in total. The van der Waals surface area contributed by atoms with Gasteiger partial charge in [-0.3, -0.25) is 0 Å². The zero-order valence-electron chi connectivity index (χ0n) is 9.23. The van der Waals surface area contributed by atoms with Crippen LogP contribution >= 0.6 is 24.0 Å². The van der Waals surface area contributed by atoms with Gasteiger partial charge in [0.15, 0.2) is 0 Å². The number of aryl methyl sites for hydroxylation is 1. The van der Waals surface area contributed by atoms with Crippen molar-refractivity contribution in [3.8, 4) is 0 Å². The summed E-state index contributed by atoms with van der Waals surface area (Å²) in [5.41, 5.74) is 2.28. The summed E-state index contributed by atoms with van der Waals surface area (Å²) in [6, 6.07) is 12.4. The first-order valence-electron chi connectivity index (χ1n) is 5.18. The number of thiophene rings is 1. The predicted molar refractivity (Wildman–Crippen MR) is 75.5 cm³/mol. The van der Waals surface area contributed by atoms with E-state index in [1.54, 1.807) is 0 Å². The second kappa shape index (κ2) is 4.89. The van der Waals surface area contributed by atoms with Crippen LogP contribution in [0.25, 0.3) is 5.57 Å². The van der Waals surface area contributed by atoms with Crippen molar-refractivity contribution in [1.82, 2.24) is 0 Å². The van der Waals surface area contributed by atoms with Crippen LogP contribution in [0.15, 0.2) is 47.9 Å². The molecule has 16 heavy (non-hydrogen) atoms. The van der Waals surface area contributed by atoms with Gasteiger partial charge in [-0.05, 0) is 36.3 Å². The molecule has 0 nitrogen and oxygen atoms in total. The minimum Gasteiger partial charge on any atom is -0.145 e. The molecule has 0 amide bonds. The van der Waals surface area contributed by atoms with Crippen LogP contribution in [0.3, 0.4) is 0 Å². The molecular formula is C14H14S2. The van der Waals surface area contributed by atoms with Gasteiger partial charge in [0.2, 0.25) is 0 Å². The van der Waals surface area contributed by atoms with E-state index in [-0.39, 0.29) is 0 Å². The Hall–Kier alpha value is -0.990. The van der Waals surface area contributed by atoms with E-state index in [0.717, 1.165) is 22.5 Å². The molecule has 1 aromatic heterocycles. The first kappa shape index (κ1) is 11.5. The van der Waals surface area contributed by atoms with Crippen molar-refractivity contribution in [2.24, 2.45) is 0 Å². The number of hydrogen-bond donors (Lipinski definition) is 1. The summed E-state index contributed by atoms with van der Waals surface area (Å²) < 4.78 is 0. The molecule has 0 saturated heterocycles. The molecule has 0 bridgehead atoms. The van der Waals surface area contributed by atoms with Gasteiger partial charge in [0.1, 0.15) is 0 Å². The highest BCUT2D eigenvalue weighted by Crippen LogP contribution is 2.26. The third kappa shape index (κ3) is 2.57. The number of allylic oxidation sites excluding steroid dienone is 1. The summed E-state index contributed by atoms with van der Waals surface area (Å²) in [7, 11) is 0. The lowest BCUT2D eigenvalue weighted by Gasteiger charge is -2.07. The SMILES string of the molecule is C=C(Cc1ccc(C)s1)c1ccccc1S. The lowest BCUT2D eigenvalue weighted by molar-refractivity contribution is 1.30. The quantitative estimate of drug-likeness (QED) is 0.752. The van der Waals surface area contributed by atoms with Gasteiger partial charge in [-0.1, -0.05) is 24.8 Å². The third-order valence-corrected chi connectivity index (χ3v) is 3.86. The Morgan fingerprint density at radius 3 is 2.62 bits per heavy atom. The fourth-order valence-electron chi connectivity index (χ4n) is 1.66. The lowest BCUT2D eigenvalue weighted by atomic mass is 10.0. The number of hydrogen-bond acceptors (Lipinski definition) is 2. The van der Waals surface area contributed by atoms with Crippen LogP contribution in [0.4, 0.5) is 0 Å². The first-order valence-corrected chi connectivity index (χ1v) is 6.44. The van der Waals surface area contributed by atoms with Crippen molar-refractivity contribution < 1.29 is 0 Å². The van der Waals surface area contributed by atoms with Gasteiger partial charge in [0.25, 0.3) is 0 Å². The maximum absolute atomic E-state index is 4.45. The molecule has 2 aromatic rings. The maximum atomic E-state index is 4.45. The van der Waals surface area contributed by atoms with E-state index in [1.165, 1.54) is 9.75 Å². The minimum absolute atomic E-state index is 0.913. The summed E-state index contributed by atoms with van der Waals surface area (Å²) in [6.45, 7) is 6.28. The monoisotopic (exact) mass is 246 g/mol. The van der Waals surface area contributed by atoms with Gasteiger partial charge in [-0.15, -0.1) is 24.0 Å². The Bertz CT molecular complexity index is 509. The van der Waals surface area contributed by atoms with Crippen molar-refractivity contribution in [2.45, 2.75) is 18.2 Å². The summed E-state index contributed by atoms with van der Waals surface area (Å²) in [5.74, 6) is 0. The molecule has 0 fully saturated rings. The van der Waals surface area contributed by atoms with Crippen molar-refractivity contribution in [3.05, 3.63) is 58.3 Å². The van der Waals surface area contributed by atoms with E-state index in [1.807, 2.05) is 29.5 Å². The highest BCUT2D eigenvalue weighted by molar-refractivity contribution is 7.80. The van der Waals surface area contributed by atoms with Gasteiger partial charge in [0.05, 0.1) is 0 Å². The van der Waals surface area contributed by atoms with E-state index < -0.39 is 0 Å². The lowest BCUT2D eigenvalue weighted by Crippen LogP contribution is -1.88. The normalized spacial score (nSPS) is 10.4. The predicted octanol–water partition coefficient (Wildman–Crippen LogP) is 4.60. The molecule has 2 rings (SSSR count). The molecule has 0 atom stereocenters. The fraction of sp³-hybridized carbons (Fsp3) is 0.143. The number of thiol groups is 1. The average molecular weight is 246 g/mol. The molecule has 0 aliphatic rings. The van der Waals surface area contributed by atoms with Crippen molar-refractivity contribution in [1.29, 1.82) is 0 Å². The van der Waals surface area contributed by atoms with Crippen molar-refractivity contribution >= 4 is 29.5 Å². The van der Waals surface area contributed by atoms with Crippen LogP contribution in [0.2, 0.25) is 0 Å². The molecule has 0 radical (unpaired) electrons. The zero-order chi connectivity index (χ0) is 11.5. The zero-order valence-corrected chi connectivity index (χ0v) is 10.9. The summed E-state index contributed by atoms with van der Waals surface area (Å²) in [4.78, 5) is 3.71. The maximum Gasteiger partial charge on any atom is 0.0115 e. The topological polar surface area (TPSA) is 0 Å². The van der Waals surface area contributed by atoms with Crippen LogP contribution < -0.4 is 0 Å².